The molecule has 0 unspecified atom stereocenters. The van der Waals surface area contributed by atoms with E-state index in [-0.39, 0.29) is 17.3 Å². The van der Waals surface area contributed by atoms with Crippen LogP contribution in [0.4, 0.5) is 0 Å². The first-order chi connectivity index (χ1) is 11.1. The highest BCUT2D eigenvalue weighted by Crippen LogP contribution is 2.27. The predicted octanol–water partition coefficient (Wildman–Crippen LogP) is 2.09. The van der Waals surface area contributed by atoms with Gasteiger partial charge in [-0.25, -0.2) is 13.1 Å². The Bertz CT molecular complexity index is 684. The van der Waals surface area contributed by atoms with Crippen molar-refractivity contribution < 1.29 is 17.9 Å². The molecule has 0 radical (unpaired) electrons. The first kappa shape index (κ1) is 20.4. The molecule has 1 N–H and O–H groups in total. The van der Waals surface area contributed by atoms with Crippen molar-refractivity contribution in [1.29, 1.82) is 0 Å². The molecule has 0 aliphatic rings. The van der Waals surface area contributed by atoms with Gasteiger partial charge >= 0.3 is 0 Å². The lowest BCUT2D eigenvalue weighted by atomic mass is 10.1. The van der Waals surface area contributed by atoms with Crippen LogP contribution < -0.4 is 9.46 Å². The van der Waals surface area contributed by atoms with Gasteiger partial charge in [0.25, 0.3) is 0 Å². The summed E-state index contributed by atoms with van der Waals surface area (Å²) in [6.07, 6.45) is 0. The third-order valence-corrected chi connectivity index (χ3v) is 5.26. The summed E-state index contributed by atoms with van der Waals surface area (Å²) in [5.74, 6) is 0.577. The summed E-state index contributed by atoms with van der Waals surface area (Å²) in [5, 5.41) is 0. The monoisotopic (exact) mass is 356 g/mol. The van der Waals surface area contributed by atoms with Crippen molar-refractivity contribution in [1.82, 2.24) is 9.62 Å². The number of methoxy groups -OCH3 is 1. The van der Waals surface area contributed by atoms with E-state index in [0.29, 0.717) is 24.8 Å². The van der Waals surface area contributed by atoms with Crippen LogP contribution in [0.5, 0.6) is 5.75 Å². The van der Waals surface area contributed by atoms with Crippen molar-refractivity contribution in [3.8, 4) is 5.75 Å². The number of hydrogen-bond acceptors (Lipinski definition) is 4. The van der Waals surface area contributed by atoms with E-state index in [1.165, 1.54) is 14.0 Å². The van der Waals surface area contributed by atoms with E-state index in [4.69, 9.17) is 4.74 Å². The quantitative estimate of drug-likeness (QED) is 0.774. The molecule has 24 heavy (non-hydrogen) atoms. The highest BCUT2D eigenvalue weighted by atomic mass is 32.2. The van der Waals surface area contributed by atoms with E-state index in [1.807, 2.05) is 27.7 Å². The molecule has 0 heterocycles. The third kappa shape index (κ3) is 5.49. The van der Waals surface area contributed by atoms with Gasteiger partial charge in [0.2, 0.25) is 15.9 Å². The number of hydrogen-bond donors (Lipinski definition) is 1. The Morgan fingerprint density at radius 1 is 1.25 bits per heavy atom. The Morgan fingerprint density at radius 2 is 1.83 bits per heavy atom. The van der Waals surface area contributed by atoms with Gasteiger partial charge < -0.3 is 9.64 Å². The first-order valence-electron chi connectivity index (χ1n) is 7.99. The summed E-state index contributed by atoms with van der Waals surface area (Å²) in [5.41, 5.74) is 1.84. The molecule has 1 aromatic carbocycles. The second-order valence-electron chi connectivity index (χ2n) is 6.34. The molecule has 136 valence electrons. The maximum absolute atomic E-state index is 12.6. The largest absolute Gasteiger partial charge is 0.495 e. The van der Waals surface area contributed by atoms with Crippen LogP contribution in [0.1, 0.15) is 31.9 Å². The number of aryl methyl sites for hydroxylation is 2. The molecule has 1 rings (SSSR count). The fourth-order valence-corrected chi connectivity index (χ4v) is 3.60. The van der Waals surface area contributed by atoms with Crippen molar-refractivity contribution in [3.05, 3.63) is 23.3 Å². The Labute approximate surface area is 145 Å². The van der Waals surface area contributed by atoms with E-state index in [9.17, 15) is 13.2 Å². The topological polar surface area (TPSA) is 75.7 Å². The molecular formula is C17H28N2O4S. The average Bonchev–Trinajstić information content (AvgIpc) is 2.47. The van der Waals surface area contributed by atoms with Gasteiger partial charge in [0.15, 0.2) is 0 Å². The highest BCUT2D eigenvalue weighted by molar-refractivity contribution is 7.89. The Hall–Kier alpha value is -1.60. The number of sulfonamides is 1. The number of benzene rings is 1. The number of nitrogens with one attached hydrogen (secondary N) is 1. The van der Waals surface area contributed by atoms with E-state index in [1.54, 1.807) is 17.0 Å². The summed E-state index contributed by atoms with van der Waals surface area (Å²) in [7, 11) is -2.26. The molecule has 0 saturated heterocycles. The number of nitrogens with zero attached hydrogens (tertiary/aromatic N) is 1. The van der Waals surface area contributed by atoms with Crippen LogP contribution >= 0.6 is 0 Å². The maximum atomic E-state index is 12.6. The second kappa shape index (κ2) is 8.48. The molecule has 0 aliphatic heterocycles. The fourth-order valence-electron chi connectivity index (χ4n) is 2.34. The van der Waals surface area contributed by atoms with Crippen molar-refractivity contribution in [2.24, 2.45) is 5.92 Å². The van der Waals surface area contributed by atoms with Gasteiger partial charge in [-0.1, -0.05) is 13.8 Å². The van der Waals surface area contributed by atoms with Crippen LogP contribution in [0.25, 0.3) is 0 Å². The standard InChI is InChI=1S/C17H28N2O4S/c1-12(2)11-19(15(5)20)8-7-18-24(21,22)17-10-14(4)13(3)9-16(17)23-6/h9-10,12,18H,7-8,11H2,1-6H3. The van der Waals surface area contributed by atoms with Crippen LogP contribution in [-0.4, -0.2) is 46.0 Å². The Kier molecular flexibility index (Phi) is 7.23. The molecule has 1 aromatic rings. The van der Waals surface area contributed by atoms with Crippen LogP contribution in [0, 0.1) is 19.8 Å². The van der Waals surface area contributed by atoms with Crippen LogP contribution in [0.2, 0.25) is 0 Å². The molecule has 0 bridgehead atoms. The van der Waals surface area contributed by atoms with E-state index in [0.717, 1.165) is 11.1 Å². The van der Waals surface area contributed by atoms with Gasteiger partial charge in [0, 0.05) is 26.6 Å². The molecule has 0 aliphatic carbocycles. The second-order valence-corrected chi connectivity index (χ2v) is 8.08. The minimum Gasteiger partial charge on any atom is -0.495 e. The van der Waals surface area contributed by atoms with Crippen molar-refractivity contribution in [2.45, 2.75) is 39.5 Å². The van der Waals surface area contributed by atoms with Gasteiger partial charge in [0.05, 0.1) is 7.11 Å². The smallest absolute Gasteiger partial charge is 0.244 e. The van der Waals surface area contributed by atoms with Crippen LogP contribution in [0.15, 0.2) is 17.0 Å². The lowest BCUT2D eigenvalue weighted by Crippen LogP contribution is -2.39. The molecule has 0 aromatic heterocycles. The van der Waals surface area contributed by atoms with Crippen LogP contribution in [-0.2, 0) is 14.8 Å². The lowest BCUT2D eigenvalue weighted by Gasteiger charge is -2.23. The molecular weight excluding hydrogens is 328 g/mol. The minimum atomic E-state index is -3.71. The third-order valence-electron chi connectivity index (χ3n) is 3.77. The van der Waals surface area contributed by atoms with E-state index in [2.05, 4.69) is 4.72 Å². The summed E-state index contributed by atoms with van der Waals surface area (Å²) >= 11 is 0. The molecule has 7 heteroatoms. The van der Waals surface area contributed by atoms with Crippen molar-refractivity contribution in [3.63, 3.8) is 0 Å². The average molecular weight is 356 g/mol. The lowest BCUT2D eigenvalue weighted by molar-refractivity contribution is -0.129. The summed E-state index contributed by atoms with van der Waals surface area (Å²) in [4.78, 5) is 13.4. The van der Waals surface area contributed by atoms with Gasteiger partial charge in [-0.2, -0.15) is 0 Å². The summed E-state index contributed by atoms with van der Waals surface area (Å²) < 4.78 is 32.9. The molecule has 0 fully saturated rings. The predicted molar refractivity (Wildman–Crippen MR) is 94.7 cm³/mol. The summed E-state index contributed by atoms with van der Waals surface area (Å²) in [6.45, 7) is 10.4. The molecule has 0 atom stereocenters. The fraction of sp³-hybridized carbons (Fsp3) is 0.588. The van der Waals surface area contributed by atoms with Crippen molar-refractivity contribution >= 4 is 15.9 Å². The zero-order chi connectivity index (χ0) is 18.5. The zero-order valence-corrected chi connectivity index (χ0v) is 16.2. The van der Waals surface area contributed by atoms with Gasteiger partial charge in [-0.3, -0.25) is 4.79 Å². The molecule has 0 saturated carbocycles. The Morgan fingerprint density at radius 3 is 2.33 bits per heavy atom. The molecule has 1 amide bonds. The SMILES string of the molecule is COc1cc(C)c(C)cc1S(=O)(=O)NCCN(CC(C)C)C(C)=O. The Balaban J connectivity index is 2.87. The van der Waals surface area contributed by atoms with E-state index >= 15 is 0 Å². The normalized spacial score (nSPS) is 11.6. The number of ether oxygens (including phenoxy) is 1. The number of amides is 1. The van der Waals surface area contributed by atoms with Crippen molar-refractivity contribution in [2.75, 3.05) is 26.7 Å². The van der Waals surface area contributed by atoms with Gasteiger partial charge in [-0.15, -0.1) is 0 Å². The molecule has 6 nitrogen and oxygen atoms in total. The first-order valence-corrected chi connectivity index (χ1v) is 9.47. The maximum Gasteiger partial charge on any atom is 0.244 e. The minimum absolute atomic E-state index is 0.0633. The van der Waals surface area contributed by atoms with Gasteiger partial charge in [0.1, 0.15) is 10.6 Å². The number of rotatable bonds is 8. The highest BCUT2D eigenvalue weighted by Gasteiger charge is 2.21. The number of carbonyl (C=O) groups excluding carboxylic acids is 1. The van der Waals surface area contributed by atoms with Gasteiger partial charge in [-0.05, 0) is 43.0 Å². The zero-order valence-electron chi connectivity index (χ0n) is 15.3. The molecule has 0 spiro atoms. The number of carbonyl (C=O) groups is 1. The van der Waals surface area contributed by atoms with Crippen LogP contribution in [0.3, 0.4) is 0 Å². The van der Waals surface area contributed by atoms with E-state index < -0.39 is 10.0 Å². The summed E-state index contributed by atoms with van der Waals surface area (Å²) in [6, 6.07) is 3.32.